The van der Waals surface area contributed by atoms with Crippen LogP contribution in [0.15, 0.2) is 35.0 Å². The molecular formula is C12H10N2O3. The average molecular weight is 230 g/mol. The topological polar surface area (TPSA) is 57.4 Å². The first-order valence-electron chi connectivity index (χ1n) is 5.15. The molecule has 0 saturated heterocycles. The summed E-state index contributed by atoms with van der Waals surface area (Å²) in [5.74, 6) is 0.408. The largest absolute Gasteiger partial charge is 0.448 e. The van der Waals surface area contributed by atoms with E-state index in [2.05, 4.69) is 10.1 Å². The van der Waals surface area contributed by atoms with Gasteiger partial charge in [-0.05, 0) is 5.16 Å². The maximum atomic E-state index is 5.35. The Kier molecular flexibility index (Phi) is 2.38. The summed E-state index contributed by atoms with van der Waals surface area (Å²) in [6.07, 6.45) is 1.75. The van der Waals surface area contributed by atoms with Crippen LogP contribution in [-0.4, -0.2) is 24.0 Å². The maximum Gasteiger partial charge on any atom is 0.266 e. The SMILES string of the molecule is COCOc1noc2ncc3ccccc3c12. The quantitative estimate of drug-likeness (QED) is 0.646. The molecule has 0 radical (unpaired) electrons. The standard InChI is InChI=1S/C12H10N2O3/c1-15-7-16-12-10-9-5-3-2-4-8(9)6-13-11(10)17-14-12/h2-6H,7H2,1H3. The molecule has 0 amide bonds. The highest BCUT2D eigenvalue weighted by molar-refractivity contribution is 6.06. The summed E-state index contributed by atoms with van der Waals surface area (Å²) in [6, 6.07) is 7.87. The van der Waals surface area contributed by atoms with Crippen LogP contribution in [0.25, 0.3) is 21.9 Å². The number of aromatic nitrogens is 2. The Morgan fingerprint density at radius 2 is 2.18 bits per heavy atom. The van der Waals surface area contributed by atoms with Crippen molar-refractivity contribution >= 4 is 21.9 Å². The van der Waals surface area contributed by atoms with Crippen molar-refractivity contribution < 1.29 is 14.0 Å². The Hall–Kier alpha value is -2.14. The molecule has 2 heterocycles. The molecule has 0 saturated carbocycles. The Morgan fingerprint density at radius 3 is 3.06 bits per heavy atom. The molecule has 17 heavy (non-hydrogen) atoms. The van der Waals surface area contributed by atoms with Crippen molar-refractivity contribution in [1.82, 2.24) is 10.1 Å². The van der Waals surface area contributed by atoms with Crippen LogP contribution in [-0.2, 0) is 4.74 Å². The van der Waals surface area contributed by atoms with Crippen molar-refractivity contribution in [1.29, 1.82) is 0 Å². The third-order valence-corrected chi connectivity index (χ3v) is 2.51. The molecule has 1 aromatic carbocycles. The molecule has 0 unspecified atom stereocenters. The van der Waals surface area contributed by atoms with Crippen LogP contribution in [0, 0.1) is 0 Å². The molecule has 0 aliphatic rings. The molecule has 0 N–H and O–H groups in total. The van der Waals surface area contributed by atoms with E-state index in [1.807, 2.05) is 24.3 Å². The van der Waals surface area contributed by atoms with Gasteiger partial charge in [-0.1, -0.05) is 24.3 Å². The summed E-state index contributed by atoms with van der Waals surface area (Å²) >= 11 is 0. The Labute approximate surface area is 96.9 Å². The summed E-state index contributed by atoms with van der Waals surface area (Å²) in [7, 11) is 1.55. The minimum absolute atomic E-state index is 0.130. The summed E-state index contributed by atoms with van der Waals surface area (Å²) < 4.78 is 15.3. The van der Waals surface area contributed by atoms with Gasteiger partial charge in [0.1, 0.15) is 5.39 Å². The number of pyridine rings is 1. The van der Waals surface area contributed by atoms with Crippen molar-refractivity contribution in [2.75, 3.05) is 13.9 Å². The van der Waals surface area contributed by atoms with E-state index < -0.39 is 0 Å². The number of nitrogens with zero attached hydrogens (tertiary/aromatic N) is 2. The van der Waals surface area contributed by atoms with Crippen LogP contribution >= 0.6 is 0 Å². The summed E-state index contributed by atoms with van der Waals surface area (Å²) in [4.78, 5) is 4.19. The van der Waals surface area contributed by atoms with Gasteiger partial charge in [-0.15, -0.1) is 0 Å². The van der Waals surface area contributed by atoms with Crippen LogP contribution in [0.1, 0.15) is 0 Å². The second-order valence-electron chi connectivity index (χ2n) is 3.56. The van der Waals surface area contributed by atoms with E-state index in [9.17, 15) is 0 Å². The van der Waals surface area contributed by atoms with Gasteiger partial charge < -0.3 is 14.0 Å². The predicted molar refractivity (Wildman–Crippen MR) is 61.8 cm³/mol. The fourth-order valence-electron chi connectivity index (χ4n) is 1.76. The zero-order valence-electron chi connectivity index (χ0n) is 9.21. The van der Waals surface area contributed by atoms with Gasteiger partial charge in [0.2, 0.25) is 0 Å². The van der Waals surface area contributed by atoms with Gasteiger partial charge in [0.05, 0.1) is 0 Å². The van der Waals surface area contributed by atoms with Gasteiger partial charge in [-0.3, -0.25) is 0 Å². The van der Waals surface area contributed by atoms with Gasteiger partial charge >= 0.3 is 0 Å². The molecule has 0 spiro atoms. The summed E-state index contributed by atoms with van der Waals surface area (Å²) in [6.45, 7) is 0.130. The number of ether oxygens (including phenoxy) is 2. The molecule has 0 bridgehead atoms. The fourth-order valence-corrected chi connectivity index (χ4v) is 1.76. The van der Waals surface area contributed by atoms with E-state index in [4.69, 9.17) is 14.0 Å². The van der Waals surface area contributed by atoms with Crippen molar-refractivity contribution in [3.63, 3.8) is 0 Å². The van der Waals surface area contributed by atoms with Crippen molar-refractivity contribution in [2.45, 2.75) is 0 Å². The predicted octanol–water partition coefficient (Wildman–Crippen LogP) is 2.36. The maximum absolute atomic E-state index is 5.35. The van der Waals surface area contributed by atoms with E-state index >= 15 is 0 Å². The first kappa shape index (κ1) is 10.0. The lowest BCUT2D eigenvalue weighted by atomic mass is 10.1. The molecule has 3 rings (SSSR count). The van der Waals surface area contributed by atoms with Crippen LogP contribution in [0.3, 0.4) is 0 Å². The number of hydrogen-bond donors (Lipinski definition) is 0. The van der Waals surface area contributed by atoms with Crippen LogP contribution in [0.4, 0.5) is 0 Å². The fraction of sp³-hybridized carbons (Fsp3) is 0.167. The van der Waals surface area contributed by atoms with Crippen molar-refractivity contribution in [2.24, 2.45) is 0 Å². The number of benzene rings is 1. The Bertz CT molecular complexity index is 663. The van der Waals surface area contributed by atoms with Crippen LogP contribution in [0.5, 0.6) is 5.88 Å². The second kappa shape index (κ2) is 4.03. The molecular weight excluding hydrogens is 220 g/mol. The smallest absolute Gasteiger partial charge is 0.266 e. The number of rotatable bonds is 3. The van der Waals surface area contributed by atoms with E-state index in [1.54, 1.807) is 13.3 Å². The highest BCUT2D eigenvalue weighted by atomic mass is 16.7. The minimum Gasteiger partial charge on any atom is -0.448 e. The molecule has 2 aromatic heterocycles. The molecule has 5 nitrogen and oxygen atoms in total. The number of hydrogen-bond acceptors (Lipinski definition) is 5. The zero-order valence-corrected chi connectivity index (χ0v) is 9.21. The molecule has 0 aliphatic heterocycles. The molecule has 0 aliphatic carbocycles. The highest BCUT2D eigenvalue weighted by Gasteiger charge is 2.13. The van der Waals surface area contributed by atoms with E-state index in [0.29, 0.717) is 11.6 Å². The summed E-state index contributed by atoms with van der Waals surface area (Å²) in [5.41, 5.74) is 0.467. The molecule has 5 heteroatoms. The lowest BCUT2D eigenvalue weighted by Crippen LogP contribution is -1.99. The molecule has 86 valence electrons. The normalized spacial score (nSPS) is 11.1. The molecule has 3 aromatic rings. The Balaban J connectivity index is 2.27. The van der Waals surface area contributed by atoms with E-state index in [0.717, 1.165) is 16.2 Å². The van der Waals surface area contributed by atoms with Gasteiger partial charge in [0, 0.05) is 24.1 Å². The number of methoxy groups -OCH3 is 1. The zero-order chi connectivity index (χ0) is 11.7. The van der Waals surface area contributed by atoms with Crippen LogP contribution in [0.2, 0.25) is 0 Å². The lowest BCUT2D eigenvalue weighted by molar-refractivity contribution is 0.0464. The molecule has 0 atom stereocenters. The Morgan fingerprint density at radius 1 is 1.29 bits per heavy atom. The lowest BCUT2D eigenvalue weighted by Gasteiger charge is -2.01. The number of fused-ring (bicyclic) bond motifs is 3. The monoisotopic (exact) mass is 230 g/mol. The van der Waals surface area contributed by atoms with Gasteiger partial charge in [0.25, 0.3) is 11.6 Å². The van der Waals surface area contributed by atoms with E-state index in [1.165, 1.54) is 0 Å². The first-order valence-corrected chi connectivity index (χ1v) is 5.15. The van der Waals surface area contributed by atoms with Gasteiger partial charge in [-0.25, -0.2) is 4.98 Å². The van der Waals surface area contributed by atoms with Gasteiger partial charge in [0.15, 0.2) is 6.79 Å². The first-order chi connectivity index (χ1) is 8.40. The van der Waals surface area contributed by atoms with Crippen molar-refractivity contribution in [3.8, 4) is 5.88 Å². The minimum atomic E-state index is 0.130. The van der Waals surface area contributed by atoms with E-state index in [-0.39, 0.29) is 6.79 Å². The highest BCUT2D eigenvalue weighted by Crippen LogP contribution is 2.30. The van der Waals surface area contributed by atoms with Crippen molar-refractivity contribution in [3.05, 3.63) is 30.5 Å². The van der Waals surface area contributed by atoms with Gasteiger partial charge in [-0.2, -0.15) is 0 Å². The summed E-state index contributed by atoms with van der Waals surface area (Å²) in [5, 5.41) is 6.64. The van der Waals surface area contributed by atoms with Crippen LogP contribution < -0.4 is 4.74 Å². The third-order valence-electron chi connectivity index (χ3n) is 2.51. The third kappa shape index (κ3) is 1.60. The average Bonchev–Trinajstić information content (AvgIpc) is 2.80. The molecule has 0 fully saturated rings. The second-order valence-corrected chi connectivity index (χ2v) is 3.56.